The summed E-state index contributed by atoms with van der Waals surface area (Å²) in [5.74, 6) is 0.560. The molecule has 2 rings (SSSR count). The normalized spacial score (nSPS) is 9.22. The molecule has 0 aliphatic carbocycles. The van der Waals surface area contributed by atoms with Crippen LogP contribution in [0.2, 0.25) is 0 Å². The number of benzene rings is 2. The molecule has 0 aromatic heterocycles. The summed E-state index contributed by atoms with van der Waals surface area (Å²) in [6, 6.07) is 13.5. The zero-order valence-electron chi connectivity index (χ0n) is 10.5. The van der Waals surface area contributed by atoms with E-state index in [2.05, 4.69) is 0 Å². The van der Waals surface area contributed by atoms with E-state index in [4.69, 9.17) is 15.9 Å². The van der Waals surface area contributed by atoms with E-state index in [0.29, 0.717) is 11.4 Å². The molecule has 4 heteroatoms. The van der Waals surface area contributed by atoms with Crippen LogP contribution in [0.1, 0.15) is 0 Å². The average Bonchev–Trinajstić information content (AvgIpc) is 2.34. The zero-order chi connectivity index (χ0) is 13.5. The summed E-state index contributed by atoms with van der Waals surface area (Å²) in [5.41, 5.74) is 7.08. The van der Waals surface area contributed by atoms with Crippen molar-refractivity contribution < 1.29 is 10.2 Å². The van der Waals surface area contributed by atoms with Crippen molar-refractivity contribution in [1.82, 2.24) is 0 Å². The van der Waals surface area contributed by atoms with Gasteiger partial charge in [-0.2, -0.15) is 0 Å². The highest BCUT2D eigenvalue weighted by atomic mass is 16.3. The molecule has 0 spiro atoms. The largest absolute Gasteiger partial charge is 0.508 e. The molecule has 2 aromatic rings. The molecule has 0 atom stereocenters. The fourth-order valence-corrected chi connectivity index (χ4v) is 1.23. The number of phenols is 2. The number of aromatic hydroxyl groups is 2. The molecule has 0 radical (unpaired) electrons. The van der Waals surface area contributed by atoms with Gasteiger partial charge in [0.2, 0.25) is 0 Å². The molecule has 0 saturated carbocycles. The second kappa shape index (κ2) is 6.39. The molecule has 96 valence electrons. The Balaban J connectivity index is 0.000000184. The number of hydrogen-bond donors (Lipinski definition) is 3. The summed E-state index contributed by atoms with van der Waals surface area (Å²) < 4.78 is 0. The Bertz CT molecular complexity index is 443. The van der Waals surface area contributed by atoms with Gasteiger partial charge >= 0.3 is 0 Å². The van der Waals surface area contributed by atoms with Crippen molar-refractivity contribution in [2.75, 3.05) is 24.7 Å². The fourth-order valence-electron chi connectivity index (χ4n) is 1.23. The van der Waals surface area contributed by atoms with E-state index in [1.807, 2.05) is 31.1 Å². The van der Waals surface area contributed by atoms with E-state index in [-0.39, 0.29) is 5.75 Å². The predicted molar refractivity (Wildman–Crippen MR) is 75.0 cm³/mol. The lowest BCUT2D eigenvalue weighted by Crippen LogP contribution is -2.07. The van der Waals surface area contributed by atoms with E-state index in [0.717, 1.165) is 5.69 Å². The molecule has 0 heterocycles. The van der Waals surface area contributed by atoms with Crippen molar-refractivity contribution in [3.63, 3.8) is 0 Å². The Labute approximate surface area is 107 Å². The Morgan fingerprint density at radius 3 is 1.50 bits per heavy atom. The molecule has 0 aliphatic rings. The minimum atomic E-state index is 0.249. The lowest BCUT2D eigenvalue weighted by Gasteiger charge is -2.11. The SMILES string of the molecule is CN(C)c1ccc(O)cc1.Nc1ccc(O)cc1. The smallest absolute Gasteiger partial charge is 0.115 e. The van der Waals surface area contributed by atoms with Gasteiger partial charge in [-0.25, -0.2) is 0 Å². The standard InChI is InChI=1S/C8H11NO.C6H7NO/c1-9(2)7-3-5-8(10)6-4-7;7-5-1-3-6(8)4-2-5/h3-6,10H,1-2H3;1-4,8H,7H2. The maximum absolute atomic E-state index is 8.92. The third kappa shape index (κ3) is 4.65. The second-order valence-corrected chi connectivity index (χ2v) is 4.00. The molecule has 18 heavy (non-hydrogen) atoms. The molecule has 4 nitrogen and oxygen atoms in total. The third-order valence-electron chi connectivity index (χ3n) is 2.26. The highest BCUT2D eigenvalue weighted by Crippen LogP contribution is 2.15. The van der Waals surface area contributed by atoms with Gasteiger partial charge < -0.3 is 20.8 Å². The molecule has 0 saturated heterocycles. The van der Waals surface area contributed by atoms with Gasteiger partial charge in [0.05, 0.1) is 0 Å². The summed E-state index contributed by atoms with van der Waals surface area (Å²) in [6.45, 7) is 0. The van der Waals surface area contributed by atoms with Crippen LogP contribution in [0.4, 0.5) is 11.4 Å². The number of anilines is 2. The third-order valence-corrected chi connectivity index (χ3v) is 2.26. The topological polar surface area (TPSA) is 69.7 Å². The number of phenolic OH excluding ortho intramolecular Hbond substituents is 2. The van der Waals surface area contributed by atoms with Crippen molar-refractivity contribution in [2.24, 2.45) is 0 Å². The Kier molecular flexibility index (Phi) is 4.87. The van der Waals surface area contributed by atoms with E-state index in [1.54, 1.807) is 36.4 Å². The summed E-state index contributed by atoms with van der Waals surface area (Å²) in [5, 5.41) is 17.6. The highest BCUT2D eigenvalue weighted by molar-refractivity contribution is 5.47. The molecule has 0 unspecified atom stereocenters. The summed E-state index contributed by atoms with van der Waals surface area (Å²) >= 11 is 0. The van der Waals surface area contributed by atoms with Crippen LogP contribution in [0, 0.1) is 0 Å². The first-order valence-corrected chi connectivity index (χ1v) is 5.50. The van der Waals surface area contributed by atoms with Crippen molar-refractivity contribution in [1.29, 1.82) is 0 Å². The summed E-state index contributed by atoms with van der Waals surface area (Å²) in [4.78, 5) is 1.99. The minimum absolute atomic E-state index is 0.249. The highest BCUT2D eigenvalue weighted by Gasteiger charge is 1.92. The summed E-state index contributed by atoms with van der Waals surface area (Å²) in [7, 11) is 3.93. The number of rotatable bonds is 1. The molecule has 0 fully saturated rings. The van der Waals surface area contributed by atoms with E-state index < -0.39 is 0 Å². The maximum Gasteiger partial charge on any atom is 0.115 e. The van der Waals surface area contributed by atoms with Gasteiger partial charge in [-0.1, -0.05) is 0 Å². The van der Waals surface area contributed by atoms with Gasteiger partial charge in [0.15, 0.2) is 0 Å². The van der Waals surface area contributed by atoms with Crippen LogP contribution in [0.3, 0.4) is 0 Å². The molecule has 4 N–H and O–H groups in total. The van der Waals surface area contributed by atoms with Crippen molar-refractivity contribution >= 4 is 11.4 Å². The van der Waals surface area contributed by atoms with Crippen molar-refractivity contribution in [3.8, 4) is 11.5 Å². The first-order chi connectivity index (χ1) is 8.49. The van der Waals surface area contributed by atoms with Crippen LogP contribution in [0.25, 0.3) is 0 Å². The molecular weight excluding hydrogens is 228 g/mol. The maximum atomic E-state index is 8.92. The summed E-state index contributed by atoms with van der Waals surface area (Å²) in [6.07, 6.45) is 0. The minimum Gasteiger partial charge on any atom is -0.508 e. The predicted octanol–water partition coefficient (Wildman–Crippen LogP) is 2.43. The van der Waals surface area contributed by atoms with Gasteiger partial charge in [-0.15, -0.1) is 0 Å². The van der Waals surface area contributed by atoms with E-state index in [1.165, 1.54) is 0 Å². The van der Waals surface area contributed by atoms with Crippen LogP contribution in [0.15, 0.2) is 48.5 Å². The molecule has 0 bridgehead atoms. The van der Waals surface area contributed by atoms with Gasteiger partial charge in [0, 0.05) is 25.5 Å². The van der Waals surface area contributed by atoms with Gasteiger partial charge in [-0.05, 0) is 48.5 Å². The molecule has 0 amide bonds. The van der Waals surface area contributed by atoms with Gasteiger partial charge in [0.1, 0.15) is 11.5 Å². The first kappa shape index (κ1) is 13.7. The van der Waals surface area contributed by atoms with Gasteiger partial charge in [-0.3, -0.25) is 0 Å². The van der Waals surface area contributed by atoms with E-state index >= 15 is 0 Å². The Morgan fingerprint density at radius 1 is 0.778 bits per heavy atom. The van der Waals surface area contributed by atoms with Gasteiger partial charge in [0.25, 0.3) is 0 Å². The van der Waals surface area contributed by atoms with E-state index in [9.17, 15) is 0 Å². The average molecular weight is 246 g/mol. The second-order valence-electron chi connectivity index (χ2n) is 4.00. The van der Waals surface area contributed by atoms with Crippen molar-refractivity contribution in [3.05, 3.63) is 48.5 Å². The van der Waals surface area contributed by atoms with Crippen LogP contribution in [0.5, 0.6) is 11.5 Å². The Morgan fingerprint density at radius 2 is 1.17 bits per heavy atom. The first-order valence-electron chi connectivity index (χ1n) is 5.50. The fraction of sp³-hybridized carbons (Fsp3) is 0.143. The Hall–Kier alpha value is -2.36. The number of hydrogen-bond acceptors (Lipinski definition) is 4. The monoisotopic (exact) mass is 246 g/mol. The lowest BCUT2D eigenvalue weighted by molar-refractivity contribution is 0.475. The lowest BCUT2D eigenvalue weighted by atomic mass is 10.3. The van der Waals surface area contributed by atoms with Crippen molar-refractivity contribution in [2.45, 2.75) is 0 Å². The molecule has 2 aromatic carbocycles. The number of nitrogens with zero attached hydrogens (tertiary/aromatic N) is 1. The van der Waals surface area contributed by atoms with Crippen LogP contribution in [-0.2, 0) is 0 Å². The van der Waals surface area contributed by atoms with Crippen LogP contribution >= 0.6 is 0 Å². The van der Waals surface area contributed by atoms with Crippen LogP contribution in [-0.4, -0.2) is 24.3 Å². The quantitative estimate of drug-likeness (QED) is 0.534. The van der Waals surface area contributed by atoms with Crippen LogP contribution < -0.4 is 10.6 Å². The number of nitrogen functional groups attached to an aromatic ring is 1. The zero-order valence-corrected chi connectivity index (χ0v) is 10.5. The molecule has 0 aliphatic heterocycles. The number of nitrogens with two attached hydrogens (primary N) is 1. The molecular formula is C14H18N2O2.